The number of hydrogen-bond donors (Lipinski definition) is 0. The Labute approximate surface area is 126 Å². The maximum absolute atomic E-state index is 11.8. The van der Waals surface area contributed by atoms with E-state index < -0.39 is 0 Å². The summed E-state index contributed by atoms with van der Waals surface area (Å²) in [7, 11) is 1.71. The second kappa shape index (κ2) is 5.68. The molecule has 2 saturated heterocycles. The standard InChI is InChI=1S/C17H23NO3/c1-4-12-7-13(11(2)19)8-16(17(12)20-3)18-9-14-5-6-15(10-18)21-14/h7-8,14-15H,4-6,9-10H2,1-3H3. The first-order chi connectivity index (χ1) is 10.1. The van der Waals surface area contributed by atoms with Gasteiger partial charge in [-0.05, 0) is 43.9 Å². The van der Waals surface area contributed by atoms with E-state index in [4.69, 9.17) is 9.47 Å². The molecule has 21 heavy (non-hydrogen) atoms. The van der Waals surface area contributed by atoms with Gasteiger partial charge in [0.2, 0.25) is 0 Å². The van der Waals surface area contributed by atoms with Gasteiger partial charge in [-0.2, -0.15) is 0 Å². The van der Waals surface area contributed by atoms with Crippen LogP contribution in [0.2, 0.25) is 0 Å². The van der Waals surface area contributed by atoms with Crippen molar-refractivity contribution in [2.45, 2.75) is 45.3 Å². The molecule has 2 fully saturated rings. The Bertz CT molecular complexity index is 543. The van der Waals surface area contributed by atoms with Gasteiger partial charge < -0.3 is 14.4 Å². The lowest BCUT2D eigenvalue weighted by Crippen LogP contribution is -2.42. The van der Waals surface area contributed by atoms with Crippen molar-refractivity contribution in [2.24, 2.45) is 0 Å². The van der Waals surface area contributed by atoms with Crippen LogP contribution in [0.5, 0.6) is 5.75 Å². The van der Waals surface area contributed by atoms with Gasteiger partial charge in [0.25, 0.3) is 0 Å². The van der Waals surface area contributed by atoms with E-state index in [1.54, 1.807) is 14.0 Å². The van der Waals surface area contributed by atoms with Crippen LogP contribution in [0.3, 0.4) is 0 Å². The molecule has 2 bridgehead atoms. The van der Waals surface area contributed by atoms with Crippen LogP contribution in [0.25, 0.3) is 0 Å². The minimum absolute atomic E-state index is 0.102. The fraction of sp³-hybridized carbons (Fsp3) is 0.588. The topological polar surface area (TPSA) is 38.8 Å². The van der Waals surface area contributed by atoms with Crippen molar-refractivity contribution in [1.82, 2.24) is 0 Å². The molecule has 114 valence electrons. The number of nitrogens with zero attached hydrogens (tertiary/aromatic N) is 1. The number of ether oxygens (including phenoxy) is 2. The summed E-state index contributed by atoms with van der Waals surface area (Å²) < 4.78 is 11.6. The zero-order chi connectivity index (χ0) is 15.0. The van der Waals surface area contributed by atoms with Gasteiger partial charge in [0.05, 0.1) is 25.0 Å². The minimum atomic E-state index is 0.102. The molecular weight excluding hydrogens is 266 g/mol. The third-order valence-corrected chi connectivity index (χ3v) is 4.52. The highest BCUT2D eigenvalue weighted by Crippen LogP contribution is 2.38. The van der Waals surface area contributed by atoms with Gasteiger partial charge in [-0.15, -0.1) is 0 Å². The third-order valence-electron chi connectivity index (χ3n) is 4.52. The van der Waals surface area contributed by atoms with E-state index in [9.17, 15) is 4.79 Å². The number of carbonyl (C=O) groups excluding carboxylic acids is 1. The molecule has 2 aliphatic rings. The first kappa shape index (κ1) is 14.4. The summed E-state index contributed by atoms with van der Waals surface area (Å²) in [6, 6.07) is 3.94. The van der Waals surface area contributed by atoms with Crippen LogP contribution >= 0.6 is 0 Å². The summed E-state index contributed by atoms with van der Waals surface area (Å²) in [6.07, 6.45) is 3.76. The highest BCUT2D eigenvalue weighted by molar-refractivity contribution is 5.96. The van der Waals surface area contributed by atoms with Crippen LogP contribution in [0.4, 0.5) is 5.69 Å². The largest absolute Gasteiger partial charge is 0.494 e. The van der Waals surface area contributed by atoms with Crippen LogP contribution < -0.4 is 9.64 Å². The predicted octanol–water partition coefficient (Wildman–Crippen LogP) is 2.83. The molecule has 0 radical (unpaired) electrons. The molecule has 2 unspecified atom stereocenters. The van der Waals surface area contributed by atoms with Gasteiger partial charge in [-0.25, -0.2) is 0 Å². The first-order valence-corrected chi connectivity index (χ1v) is 7.74. The summed E-state index contributed by atoms with van der Waals surface area (Å²) in [5.41, 5.74) is 2.91. The third kappa shape index (κ3) is 2.64. The first-order valence-electron chi connectivity index (χ1n) is 7.74. The van der Waals surface area contributed by atoms with Gasteiger partial charge in [0.1, 0.15) is 5.75 Å². The molecule has 4 heteroatoms. The molecule has 0 spiro atoms. The smallest absolute Gasteiger partial charge is 0.159 e. The normalized spacial score (nSPS) is 24.2. The van der Waals surface area contributed by atoms with E-state index >= 15 is 0 Å². The van der Waals surface area contributed by atoms with Gasteiger partial charge in [-0.3, -0.25) is 4.79 Å². The second-order valence-electron chi connectivity index (χ2n) is 5.96. The molecule has 1 aromatic rings. The maximum atomic E-state index is 11.8. The second-order valence-corrected chi connectivity index (χ2v) is 5.96. The van der Waals surface area contributed by atoms with E-state index in [2.05, 4.69) is 11.8 Å². The number of rotatable bonds is 4. The Morgan fingerprint density at radius 1 is 1.33 bits per heavy atom. The van der Waals surface area contributed by atoms with Crippen molar-refractivity contribution in [3.8, 4) is 5.75 Å². The van der Waals surface area contributed by atoms with Crippen molar-refractivity contribution in [3.05, 3.63) is 23.3 Å². The molecule has 0 aliphatic carbocycles. The molecule has 3 rings (SSSR count). The Hall–Kier alpha value is -1.55. The number of hydrogen-bond acceptors (Lipinski definition) is 4. The van der Waals surface area contributed by atoms with Crippen molar-refractivity contribution < 1.29 is 14.3 Å². The fourth-order valence-electron chi connectivity index (χ4n) is 3.42. The van der Waals surface area contributed by atoms with E-state index in [1.165, 1.54) is 0 Å². The molecule has 0 saturated carbocycles. The summed E-state index contributed by atoms with van der Waals surface area (Å²) in [5.74, 6) is 1.01. The number of carbonyl (C=O) groups is 1. The molecule has 4 nitrogen and oxygen atoms in total. The van der Waals surface area contributed by atoms with Gasteiger partial charge in [0.15, 0.2) is 5.78 Å². The number of methoxy groups -OCH3 is 1. The van der Waals surface area contributed by atoms with Gasteiger partial charge in [0, 0.05) is 18.7 Å². The van der Waals surface area contributed by atoms with Crippen LogP contribution in [0, 0.1) is 0 Å². The number of anilines is 1. The average molecular weight is 289 g/mol. The quantitative estimate of drug-likeness (QED) is 0.799. The van der Waals surface area contributed by atoms with Crippen LogP contribution in [-0.4, -0.2) is 38.2 Å². The maximum Gasteiger partial charge on any atom is 0.159 e. The molecule has 0 N–H and O–H groups in total. The lowest BCUT2D eigenvalue weighted by molar-refractivity contribution is 0.0303. The molecule has 0 amide bonds. The highest BCUT2D eigenvalue weighted by Gasteiger charge is 2.35. The Balaban J connectivity index is 2.02. The average Bonchev–Trinajstić information content (AvgIpc) is 2.83. The highest BCUT2D eigenvalue weighted by atomic mass is 16.5. The van der Waals surface area contributed by atoms with Crippen molar-refractivity contribution >= 4 is 11.5 Å². The van der Waals surface area contributed by atoms with Crippen LogP contribution in [0.15, 0.2) is 12.1 Å². The zero-order valence-electron chi connectivity index (χ0n) is 13.0. The molecule has 1 aromatic carbocycles. The minimum Gasteiger partial charge on any atom is -0.494 e. The summed E-state index contributed by atoms with van der Waals surface area (Å²) in [6.45, 7) is 5.48. The van der Waals surface area contributed by atoms with Crippen molar-refractivity contribution in [1.29, 1.82) is 0 Å². The number of fused-ring (bicyclic) bond motifs is 2. The monoisotopic (exact) mass is 289 g/mol. The number of ketones is 1. The van der Waals surface area contributed by atoms with E-state index in [1.807, 2.05) is 12.1 Å². The van der Waals surface area contributed by atoms with E-state index in [0.717, 1.165) is 54.9 Å². The number of morpholine rings is 1. The molecule has 2 atom stereocenters. The molecule has 0 aromatic heterocycles. The van der Waals surface area contributed by atoms with E-state index in [-0.39, 0.29) is 5.78 Å². The zero-order valence-corrected chi connectivity index (χ0v) is 13.0. The SMILES string of the molecule is CCc1cc(C(C)=O)cc(N2CC3CCC(C2)O3)c1OC. The van der Waals surface area contributed by atoms with E-state index in [0.29, 0.717) is 12.2 Å². The fourth-order valence-corrected chi connectivity index (χ4v) is 3.42. The van der Waals surface area contributed by atoms with Gasteiger partial charge >= 0.3 is 0 Å². The Morgan fingerprint density at radius 2 is 2.00 bits per heavy atom. The van der Waals surface area contributed by atoms with Crippen molar-refractivity contribution in [3.63, 3.8) is 0 Å². The van der Waals surface area contributed by atoms with Crippen molar-refractivity contribution in [2.75, 3.05) is 25.1 Å². The number of benzene rings is 1. The lowest BCUT2D eigenvalue weighted by Gasteiger charge is -2.35. The summed E-state index contributed by atoms with van der Waals surface area (Å²) in [4.78, 5) is 14.1. The predicted molar refractivity (Wildman–Crippen MR) is 82.5 cm³/mol. The summed E-state index contributed by atoms with van der Waals surface area (Å²) >= 11 is 0. The summed E-state index contributed by atoms with van der Waals surface area (Å²) in [5, 5.41) is 0. The Kier molecular flexibility index (Phi) is 3.89. The molecule has 2 aliphatic heterocycles. The Morgan fingerprint density at radius 3 is 2.52 bits per heavy atom. The van der Waals surface area contributed by atoms with Crippen LogP contribution in [-0.2, 0) is 11.2 Å². The van der Waals surface area contributed by atoms with Gasteiger partial charge in [-0.1, -0.05) is 6.92 Å². The lowest BCUT2D eigenvalue weighted by atomic mass is 10.0. The molecule has 2 heterocycles. The number of Topliss-reactive ketones (excluding diaryl/α,β-unsaturated/α-hetero) is 1. The molecular formula is C17H23NO3. The van der Waals surface area contributed by atoms with Crippen LogP contribution in [0.1, 0.15) is 42.6 Å². The number of aryl methyl sites for hydroxylation is 1.